The summed E-state index contributed by atoms with van der Waals surface area (Å²) in [5.41, 5.74) is 1.15. The minimum Gasteiger partial charge on any atom is -0.367 e. The Balaban J connectivity index is 1.84. The fraction of sp³-hybridized carbons (Fsp3) is 0.600. The largest absolute Gasteiger partial charge is 0.367 e. The summed E-state index contributed by atoms with van der Waals surface area (Å²) in [5.74, 6) is 0.896. The maximum absolute atomic E-state index is 11.8. The smallest absolute Gasteiger partial charge is 0.178 e. The molecule has 3 rings (SSSR count). The van der Waals surface area contributed by atoms with Crippen molar-refractivity contribution in [3.8, 4) is 0 Å². The normalized spacial score (nSPS) is 26.6. The molecule has 0 bridgehead atoms. The van der Waals surface area contributed by atoms with Crippen LogP contribution in [0, 0.1) is 5.92 Å². The Bertz CT molecular complexity index is 568. The fourth-order valence-corrected chi connectivity index (χ4v) is 4.28. The molecule has 2 fully saturated rings. The number of hydrogen-bond donors (Lipinski definition) is 1. The molecule has 0 aromatic heterocycles. The van der Waals surface area contributed by atoms with Gasteiger partial charge in [-0.15, -0.1) is 0 Å². The van der Waals surface area contributed by atoms with Crippen molar-refractivity contribution in [2.75, 3.05) is 30.3 Å². The van der Waals surface area contributed by atoms with Crippen LogP contribution in [0.2, 0.25) is 0 Å². The lowest BCUT2D eigenvalue weighted by atomic mass is 9.91. The molecule has 2 atom stereocenters. The van der Waals surface area contributed by atoms with E-state index in [2.05, 4.69) is 10.2 Å². The first kappa shape index (κ1) is 13.9. The summed E-state index contributed by atoms with van der Waals surface area (Å²) in [5, 5.41) is 3.47. The summed E-state index contributed by atoms with van der Waals surface area (Å²) < 4.78 is 23.7. The van der Waals surface area contributed by atoms with Crippen molar-refractivity contribution in [1.29, 1.82) is 0 Å². The van der Waals surface area contributed by atoms with Crippen molar-refractivity contribution >= 4 is 15.5 Å². The Kier molecular flexibility index (Phi) is 3.73. The Morgan fingerprint density at radius 1 is 1.25 bits per heavy atom. The van der Waals surface area contributed by atoms with Crippen molar-refractivity contribution in [1.82, 2.24) is 5.32 Å². The quantitative estimate of drug-likeness (QED) is 0.921. The van der Waals surface area contributed by atoms with Gasteiger partial charge in [-0.1, -0.05) is 6.92 Å². The Morgan fingerprint density at radius 3 is 2.70 bits per heavy atom. The number of fused-ring (bicyclic) bond motifs is 1. The van der Waals surface area contributed by atoms with Gasteiger partial charge in [0.05, 0.1) is 10.6 Å². The Labute approximate surface area is 121 Å². The zero-order valence-electron chi connectivity index (χ0n) is 11.9. The third kappa shape index (κ3) is 2.44. The van der Waals surface area contributed by atoms with Gasteiger partial charge in [0.25, 0.3) is 0 Å². The third-order valence-corrected chi connectivity index (χ3v) is 6.34. The van der Waals surface area contributed by atoms with Gasteiger partial charge >= 0.3 is 0 Å². The number of nitrogens with one attached hydrogen (secondary N) is 1. The molecule has 0 radical (unpaired) electrons. The van der Waals surface area contributed by atoms with Crippen LogP contribution >= 0.6 is 0 Å². The first-order valence-electron chi connectivity index (χ1n) is 7.42. The molecule has 0 amide bonds. The van der Waals surface area contributed by atoms with Crippen LogP contribution in [0.25, 0.3) is 0 Å². The van der Waals surface area contributed by atoms with Crippen molar-refractivity contribution in [3.63, 3.8) is 0 Å². The summed E-state index contributed by atoms with van der Waals surface area (Å²) in [6.07, 6.45) is 2.52. The van der Waals surface area contributed by atoms with Crippen LogP contribution in [0.3, 0.4) is 0 Å². The van der Waals surface area contributed by atoms with Crippen molar-refractivity contribution in [3.05, 3.63) is 24.3 Å². The third-order valence-electron chi connectivity index (χ3n) is 4.59. The minimum absolute atomic E-state index is 0.157. The van der Waals surface area contributed by atoms with Crippen LogP contribution in [0.1, 0.15) is 19.8 Å². The van der Waals surface area contributed by atoms with E-state index in [1.165, 1.54) is 12.8 Å². The molecule has 1 N–H and O–H groups in total. The van der Waals surface area contributed by atoms with Gasteiger partial charge in [-0.3, -0.25) is 0 Å². The van der Waals surface area contributed by atoms with E-state index in [0.717, 1.165) is 31.2 Å². The highest BCUT2D eigenvalue weighted by Crippen LogP contribution is 2.31. The van der Waals surface area contributed by atoms with E-state index in [9.17, 15) is 8.42 Å². The highest BCUT2D eigenvalue weighted by atomic mass is 32.2. The molecule has 1 aromatic rings. The van der Waals surface area contributed by atoms with Crippen molar-refractivity contribution in [2.45, 2.75) is 30.7 Å². The highest BCUT2D eigenvalue weighted by molar-refractivity contribution is 7.91. The molecule has 2 unspecified atom stereocenters. The summed E-state index contributed by atoms with van der Waals surface area (Å²) in [6.45, 7) is 4.91. The highest BCUT2D eigenvalue weighted by Gasteiger charge is 2.34. The topological polar surface area (TPSA) is 49.4 Å². The molecular weight excluding hydrogens is 272 g/mol. The molecule has 0 saturated carbocycles. The molecule has 0 aliphatic carbocycles. The van der Waals surface area contributed by atoms with Gasteiger partial charge in [0.1, 0.15) is 0 Å². The van der Waals surface area contributed by atoms with Gasteiger partial charge in [0.2, 0.25) is 0 Å². The number of piperidine rings is 1. The second kappa shape index (κ2) is 5.37. The Hall–Kier alpha value is -1.07. The van der Waals surface area contributed by atoms with Gasteiger partial charge in [-0.05, 0) is 43.0 Å². The van der Waals surface area contributed by atoms with Crippen LogP contribution in [-0.2, 0) is 9.84 Å². The number of sulfone groups is 1. The monoisotopic (exact) mass is 294 g/mol. The Morgan fingerprint density at radius 2 is 2.00 bits per heavy atom. The van der Waals surface area contributed by atoms with Crippen LogP contribution in [0.15, 0.2) is 29.2 Å². The molecule has 1 aromatic carbocycles. The van der Waals surface area contributed by atoms with E-state index in [-0.39, 0.29) is 5.75 Å². The van der Waals surface area contributed by atoms with E-state index in [0.29, 0.717) is 10.9 Å². The van der Waals surface area contributed by atoms with E-state index in [1.807, 2.05) is 12.1 Å². The lowest BCUT2D eigenvalue weighted by molar-refractivity contribution is 0.385. The molecule has 2 heterocycles. The zero-order chi connectivity index (χ0) is 14.2. The molecule has 5 heteroatoms. The number of anilines is 1. The summed E-state index contributed by atoms with van der Waals surface area (Å²) in [7, 11) is -3.09. The van der Waals surface area contributed by atoms with Gasteiger partial charge in [0.15, 0.2) is 9.84 Å². The van der Waals surface area contributed by atoms with Crippen molar-refractivity contribution in [2.24, 2.45) is 5.92 Å². The van der Waals surface area contributed by atoms with E-state index in [1.54, 1.807) is 19.1 Å². The fourth-order valence-electron chi connectivity index (χ4n) is 3.40. The SMILES string of the molecule is CCS(=O)(=O)c1ccc(N2CCCC3CNCC32)cc1. The number of rotatable bonds is 3. The molecule has 0 spiro atoms. The molecule has 2 aliphatic heterocycles. The van der Waals surface area contributed by atoms with E-state index < -0.39 is 9.84 Å². The number of nitrogens with zero attached hydrogens (tertiary/aromatic N) is 1. The lowest BCUT2D eigenvalue weighted by Gasteiger charge is -2.38. The summed E-state index contributed by atoms with van der Waals surface area (Å²) in [4.78, 5) is 2.87. The van der Waals surface area contributed by atoms with E-state index >= 15 is 0 Å². The van der Waals surface area contributed by atoms with Gasteiger partial charge in [-0.2, -0.15) is 0 Å². The average Bonchev–Trinajstić information content (AvgIpc) is 2.95. The zero-order valence-corrected chi connectivity index (χ0v) is 12.7. The maximum atomic E-state index is 11.8. The van der Waals surface area contributed by atoms with Gasteiger partial charge in [0, 0.05) is 31.4 Å². The van der Waals surface area contributed by atoms with E-state index in [4.69, 9.17) is 0 Å². The van der Waals surface area contributed by atoms with Crippen LogP contribution < -0.4 is 10.2 Å². The molecule has 20 heavy (non-hydrogen) atoms. The van der Waals surface area contributed by atoms with Crippen LogP contribution in [-0.4, -0.2) is 39.8 Å². The average molecular weight is 294 g/mol. The standard InChI is InChI=1S/C15H22N2O2S/c1-2-20(18,19)14-7-5-13(6-8-14)17-9-3-4-12-10-16-11-15(12)17/h5-8,12,15-16H,2-4,9-11H2,1H3. The summed E-state index contributed by atoms with van der Waals surface area (Å²) in [6, 6.07) is 7.99. The lowest BCUT2D eigenvalue weighted by Crippen LogP contribution is -2.45. The summed E-state index contributed by atoms with van der Waals surface area (Å²) >= 11 is 0. The second-order valence-corrected chi connectivity index (χ2v) is 8.00. The molecular formula is C15H22N2O2S. The molecule has 110 valence electrons. The van der Waals surface area contributed by atoms with Crippen LogP contribution in [0.4, 0.5) is 5.69 Å². The van der Waals surface area contributed by atoms with Crippen LogP contribution in [0.5, 0.6) is 0 Å². The maximum Gasteiger partial charge on any atom is 0.178 e. The number of benzene rings is 1. The number of hydrogen-bond acceptors (Lipinski definition) is 4. The molecule has 2 aliphatic rings. The second-order valence-electron chi connectivity index (χ2n) is 5.72. The minimum atomic E-state index is -3.09. The van der Waals surface area contributed by atoms with Crippen molar-refractivity contribution < 1.29 is 8.42 Å². The molecule has 4 nitrogen and oxygen atoms in total. The molecule has 2 saturated heterocycles. The van der Waals surface area contributed by atoms with Gasteiger partial charge in [-0.25, -0.2) is 8.42 Å². The predicted molar refractivity (Wildman–Crippen MR) is 80.9 cm³/mol. The predicted octanol–water partition coefficient (Wildman–Crippen LogP) is 1.67. The van der Waals surface area contributed by atoms with Gasteiger partial charge < -0.3 is 10.2 Å². The first-order valence-corrected chi connectivity index (χ1v) is 9.07. The first-order chi connectivity index (χ1) is 9.62.